The number of aryl methyl sites for hydroxylation is 1. The molecule has 106 valence electrons. The molecule has 0 aliphatic carbocycles. The van der Waals surface area contributed by atoms with Crippen LogP contribution in [0.2, 0.25) is 0 Å². The first-order valence-corrected chi connectivity index (χ1v) is 8.54. The minimum Gasteiger partial charge on any atom is -0.389 e. The fraction of sp³-hybridized carbons (Fsp3) is 0.154. The molecule has 0 spiro atoms. The minimum atomic E-state index is -3.53. The van der Waals surface area contributed by atoms with E-state index in [0.29, 0.717) is 4.88 Å². The van der Waals surface area contributed by atoms with Gasteiger partial charge in [-0.15, -0.1) is 11.3 Å². The molecular weight excluding hydrogens is 312 g/mol. The van der Waals surface area contributed by atoms with Crippen LogP contribution in [0.15, 0.2) is 40.6 Å². The molecule has 1 aromatic heterocycles. The molecule has 0 unspecified atom stereocenters. The van der Waals surface area contributed by atoms with Gasteiger partial charge < -0.3 is 5.73 Å². The Bertz CT molecular complexity index is 736. The summed E-state index contributed by atoms with van der Waals surface area (Å²) in [4.78, 5) is 0.797. The van der Waals surface area contributed by atoms with Crippen LogP contribution in [0.4, 0.5) is 0 Å². The minimum absolute atomic E-state index is 0.204. The molecule has 1 heterocycles. The summed E-state index contributed by atoms with van der Waals surface area (Å²) in [6, 6.07) is 10.8. The maximum atomic E-state index is 12.1. The third-order valence-corrected chi connectivity index (χ3v) is 6.00. The third-order valence-electron chi connectivity index (χ3n) is 2.64. The molecule has 1 aromatic carbocycles. The van der Waals surface area contributed by atoms with Crippen molar-refractivity contribution in [1.82, 2.24) is 4.72 Å². The number of nitrogens with two attached hydrogens (primary N) is 1. The van der Waals surface area contributed by atoms with E-state index >= 15 is 0 Å². The van der Waals surface area contributed by atoms with E-state index in [0.717, 1.165) is 22.5 Å². The molecule has 3 N–H and O–H groups in total. The monoisotopic (exact) mass is 326 g/mol. The molecule has 0 saturated carbocycles. The summed E-state index contributed by atoms with van der Waals surface area (Å²) in [6.45, 7) is 2.22. The van der Waals surface area contributed by atoms with Crippen molar-refractivity contribution < 1.29 is 8.42 Å². The van der Waals surface area contributed by atoms with E-state index in [2.05, 4.69) is 4.72 Å². The van der Waals surface area contributed by atoms with Crippen LogP contribution >= 0.6 is 23.6 Å². The molecule has 2 aromatic rings. The zero-order chi connectivity index (χ0) is 14.8. The Hall–Kier alpha value is -1.28. The van der Waals surface area contributed by atoms with Gasteiger partial charge in [0.15, 0.2) is 0 Å². The molecule has 0 amide bonds. The van der Waals surface area contributed by atoms with E-state index in [4.69, 9.17) is 18.0 Å². The zero-order valence-electron chi connectivity index (χ0n) is 10.8. The molecular formula is C13H14N2O2S3. The molecule has 0 fully saturated rings. The Balaban J connectivity index is 2.12. The smallest absolute Gasteiger partial charge is 0.250 e. The summed E-state index contributed by atoms with van der Waals surface area (Å²) in [6.07, 6.45) is 0. The van der Waals surface area contributed by atoms with Gasteiger partial charge in [0.25, 0.3) is 0 Å². The highest BCUT2D eigenvalue weighted by molar-refractivity contribution is 7.91. The van der Waals surface area contributed by atoms with Crippen LogP contribution in [0.5, 0.6) is 0 Å². The predicted molar refractivity (Wildman–Crippen MR) is 85.4 cm³/mol. The van der Waals surface area contributed by atoms with Crippen molar-refractivity contribution in [3.63, 3.8) is 0 Å². The van der Waals surface area contributed by atoms with Crippen LogP contribution in [-0.2, 0) is 16.6 Å². The van der Waals surface area contributed by atoms with Gasteiger partial charge in [-0.25, -0.2) is 13.1 Å². The molecule has 0 saturated heterocycles. The Morgan fingerprint density at radius 3 is 2.70 bits per heavy atom. The lowest BCUT2D eigenvalue weighted by Gasteiger charge is -2.05. The van der Waals surface area contributed by atoms with Crippen molar-refractivity contribution in [3.8, 4) is 0 Å². The molecule has 0 bridgehead atoms. The Morgan fingerprint density at radius 1 is 1.35 bits per heavy atom. The number of benzene rings is 1. The molecule has 2 rings (SSSR count). The molecule has 0 aliphatic heterocycles. The van der Waals surface area contributed by atoms with Crippen LogP contribution in [-0.4, -0.2) is 13.4 Å². The average Bonchev–Trinajstić information content (AvgIpc) is 2.87. The van der Waals surface area contributed by atoms with Crippen LogP contribution in [0.25, 0.3) is 0 Å². The maximum absolute atomic E-state index is 12.1. The number of nitrogens with one attached hydrogen (secondary N) is 1. The normalized spacial score (nSPS) is 11.4. The number of sulfonamides is 1. The van der Waals surface area contributed by atoms with E-state index in [1.54, 1.807) is 6.07 Å². The number of rotatable bonds is 5. The maximum Gasteiger partial charge on any atom is 0.250 e. The topological polar surface area (TPSA) is 72.2 Å². The lowest BCUT2D eigenvalue weighted by atomic mass is 10.1. The van der Waals surface area contributed by atoms with Gasteiger partial charge in [-0.3, -0.25) is 0 Å². The first kappa shape index (κ1) is 15.1. The molecule has 0 radical (unpaired) electrons. The van der Waals surface area contributed by atoms with Crippen LogP contribution in [0, 0.1) is 6.92 Å². The van der Waals surface area contributed by atoms with Gasteiger partial charge in [0.2, 0.25) is 10.0 Å². The lowest BCUT2D eigenvalue weighted by molar-refractivity contribution is 0.583. The molecule has 0 atom stereocenters. The van der Waals surface area contributed by atoms with Crippen molar-refractivity contribution in [2.45, 2.75) is 17.7 Å². The highest BCUT2D eigenvalue weighted by Crippen LogP contribution is 2.21. The quantitative estimate of drug-likeness (QED) is 0.826. The second-order valence-corrected chi connectivity index (χ2v) is 7.81. The zero-order valence-corrected chi connectivity index (χ0v) is 13.2. The van der Waals surface area contributed by atoms with Crippen LogP contribution in [0.1, 0.15) is 16.0 Å². The van der Waals surface area contributed by atoms with Crippen LogP contribution < -0.4 is 10.5 Å². The van der Waals surface area contributed by atoms with Gasteiger partial charge in [-0.2, -0.15) is 0 Å². The summed E-state index contributed by atoms with van der Waals surface area (Å²) in [5.41, 5.74) is 7.49. The van der Waals surface area contributed by atoms with E-state index in [9.17, 15) is 8.42 Å². The molecule has 20 heavy (non-hydrogen) atoms. The van der Waals surface area contributed by atoms with Gasteiger partial charge in [-0.05, 0) is 24.6 Å². The second kappa shape index (κ2) is 6.01. The Kier molecular flexibility index (Phi) is 4.54. The van der Waals surface area contributed by atoms with Crippen molar-refractivity contribution in [3.05, 3.63) is 52.4 Å². The first-order valence-electron chi connectivity index (χ1n) is 5.83. The highest BCUT2D eigenvalue weighted by Gasteiger charge is 2.17. The second-order valence-electron chi connectivity index (χ2n) is 4.30. The van der Waals surface area contributed by atoms with Crippen molar-refractivity contribution >= 4 is 38.6 Å². The van der Waals surface area contributed by atoms with Crippen molar-refractivity contribution in [2.75, 3.05) is 0 Å². The SMILES string of the molecule is Cc1cccc(CNS(=O)(=O)c2ccc(C(N)=S)s2)c1. The lowest BCUT2D eigenvalue weighted by Crippen LogP contribution is -2.22. The highest BCUT2D eigenvalue weighted by atomic mass is 32.2. The predicted octanol–water partition coefficient (Wildman–Crippen LogP) is 2.17. The third kappa shape index (κ3) is 3.63. The number of thiocarbonyl (C=S) groups is 1. The fourth-order valence-electron chi connectivity index (χ4n) is 1.67. The number of hydrogen-bond donors (Lipinski definition) is 2. The Labute approximate surface area is 127 Å². The summed E-state index contributed by atoms with van der Waals surface area (Å²) >= 11 is 5.90. The first-order chi connectivity index (χ1) is 9.38. The summed E-state index contributed by atoms with van der Waals surface area (Å²) in [7, 11) is -3.53. The van der Waals surface area contributed by atoms with Gasteiger partial charge >= 0.3 is 0 Å². The van der Waals surface area contributed by atoms with Gasteiger partial charge in [0, 0.05) is 6.54 Å². The molecule has 0 aliphatic rings. The molecule has 7 heteroatoms. The van der Waals surface area contributed by atoms with Crippen molar-refractivity contribution in [1.29, 1.82) is 0 Å². The van der Waals surface area contributed by atoms with E-state index in [1.165, 1.54) is 6.07 Å². The largest absolute Gasteiger partial charge is 0.389 e. The van der Waals surface area contributed by atoms with E-state index < -0.39 is 10.0 Å². The summed E-state index contributed by atoms with van der Waals surface area (Å²) in [5, 5.41) is 0. The van der Waals surface area contributed by atoms with Crippen molar-refractivity contribution in [2.24, 2.45) is 5.73 Å². The van der Waals surface area contributed by atoms with E-state index in [-0.39, 0.29) is 15.7 Å². The van der Waals surface area contributed by atoms with Gasteiger partial charge in [-0.1, -0.05) is 42.0 Å². The fourth-order valence-corrected chi connectivity index (χ4v) is 4.08. The number of hydrogen-bond acceptors (Lipinski definition) is 4. The van der Waals surface area contributed by atoms with Crippen LogP contribution in [0.3, 0.4) is 0 Å². The van der Waals surface area contributed by atoms with Gasteiger partial charge in [0.1, 0.15) is 9.20 Å². The van der Waals surface area contributed by atoms with Gasteiger partial charge in [0.05, 0.1) is 4.88 Å². The van der Waals surface area contributed by atoms with E-state index in [1.807, 2.05) is 31.2 Å². The standard InChI is InChI=1S/C13H14N2O2S3/c1-9-3-2-4-10(7-9)8-15-20(16,17)12-6-5-11(19-12)13(14)18/h2-7,15H,8H2,1H3,(H2,14,18). The molecule has 4 nitrogen and oxygen atoms in total. The Morgan fingerprint density at radius 2 is 2.10 bits per heavy atom. The summed E-state index contributed by atoms with van der Waals surface area (Å²) in [5.74, 6) is 0. The number of thiophene rings is 1. The average molecular weight is 326 g/mol. The summed E-state index contributed by atoms with van der Waals surface area (Å²) < 4.78 is 27.1.